The number of thiazole rings is 2. The maximum Gasteiger partial charge on any atom is 0.271 e. The van der Waals surface area contributed by atoms with Gasteiger partial charge in [0, 0.05) is 22.9 Å². The quantitative estimate of drug-likeness (QED) is 0.884. The number of nitrogens with zero attached hydrogens (tertiary/aromatic N) is 2. The third kappa shape index (κ3) is 2.86. The number of hydrogen-bond acceptors (Lipinski definition) is 6. The molecule has 1 aliphatic carbocycles. The standard InChI is InChI=1S/C14H18N4OS2/c1-9-7-21-13(16-9)14(4-2-5-14)18-12(19)10-8-20-11(17-10)3-6-15/h7-8H,2-6,15H2,1H3,(H,18,19). The summed E-state index contributed by atoms with van der Waals surface area (Å²) in [7, 11) is 0. The molecule has 0 unspecified atom stereocenters. The summed E-state index contributed by atoms with van der Waals surface area (Å²) in [5.41, 5.74) is 6.73. The molecule has 1 amide bonds. The summed E-state index contributed by atoms with van der Waals surface area (Å²) >= 11 is 3.11. The van der Waals surface area contributed by atoms with Crippen LogP contribution in [0, 0.1) is 6.92 Å². The summed E-state index contributed by atoms with van der Waals surface area (Å²) in [4.78, 5) is 21.3. The largest absolute Gasteiger partial charge is 0.339 e. The van der Waals surface area contributed by atoms with Crippen LogP contribution in [0.5, 0.6) is 0 Å². The first-order valence-electron chi connectivity index (χ1n) is 7.02. The van der Waals surface area contributed by atoms with Gasteiger partial charge in [0.05, 0.1) is 10.5 Å². The predicted molar refractivity (Wildman–Crippen MR) is 84.7 cm³/mol. The Labute approximate surface area is 131 Å². The zero-order chi connectivity index (χ0) is 14.9. The molecule has 0 atom stereocenters. The molecule has 0 saturated heterocycles. The van der Waals surface area contributed by atoms with Crippen LogP contribution in [0.25, 0.3) is 0 Å². The third-order valence-electron chi connectivity index (χ3n) is 3.73. The van der Waals surface area contributed by atoms with Crippen LogP contribution in [0.2, 0.25) is 0 Å². The highest BCUT2D eigenvalue weighted by Gasteiger charge is 2.42. The zero-order valence-corrected chi connectivity index (χ0v) is 13.5. The molecule has 2 aromatic rings. The number of hydrogen-bond donors (Lipinski definition) is 2. The molecule has 1 aliphatic rings. The van der Waals surface area contributed by atoms with Crippen LogP contribution in [0.15, 0.2) is 10.8 Å². The monoisotopic (exact) mass is 322 g/mol. The maximum absolute atomic E-state index is 12.4. The van der Waals surface area contributed by atoms with Gasteiger partial charge in [0.25, 0.3) is 5.91 Å². The van der Waals surface area contributed by atoms with Gasteiger partial charge in [-0.15, -0.1) is 22.7 Å². The van der Waals surface area contributed by atoms with Crippen LogP contribution in [-0.4, -0.2) is 22.4 Å². The Kier molecular flexibility index (Phi) is 4.05. The summed E-state index contributed by atoms with van der Waals surface area (Å²) in [6.45, 7) is 2.53. The van der Waals surface area contributed by atoms with Crippen molar-refractivity contribution in [3.8, 4) is 0 Å². The Hall–Kier alpha value is -1.31. The van der Waals surface area contributed by atoms with Crippen LogP contribution in [0.1, 0.15) is 45.5 Å². The average Bonchev–Trinajstić information content (AvgIpc) is 3.03. The molecule has 7 heteroatoms. The highest BCUT2D eigenvalue weighted by Crippen LogP contribution is 2.42. The van der Waals surface area contributed by atoms with Crippen molar-refractivity contribution in [1.29, 1.82) is 0 Å². The highest BCUT2D eigenvalue weighted by atomic mass is 32.1. The van der Waals surface area contributed by atoms with E-state index in [2.05, 4.69) is 15.3 Å². The van der Waals surface area contributed by atoms with Gasteiger partial charge in [-0.3, -0.25) is 4.79 Å². The number of nitrogens with one attached hydrogen (secondary N) is 1. The molecule has 0 aromatic carbocycles. The number of amides is 1. The van der Waals surface area contributed by atoms with E-state index in [1.807, 2.05) is 12.3 Å². The fraction of sp³-hybridized carbons (Fsp3) is 0.500. The number of aromatic nitrogens is 2. The number of carbonyl (C=O) groups excluding carboxylic acids is 1. The zero-order valence-electron chi connectivity index (χ0n) is 11.9. The third-order valence-corrected chi connectivity index (χ3v) is 5.80. The van der Waals surface area contributed by atoms with Gasteiger partial charge >= 0.3 is 0 Å². The lowest BCUT2D eigenvalue weighted by Crippen LogP contribution is -2.50. The van der Waals surface area contributed by atoms with E-state index < -0.39 is 0 Å². The van der Waals surface area contributed by atoms with E-state index in [4.69, 9.17) is 5.73 Å². The van der Waals surface area contributed by atoms with Gasteiger partial charge in [0.2, 0.25) is 0 Å². The summed E-state index contributed by atoms with van der Waals surface area (Å²) in [6.07, 6.45) is 3.74. The fourth-order valence-corrected chi connectivity index (χ4v) is 4.24. The van der Waals surface area contributed by atoms with Gasteiger partial charge in [-0.25, -0.2) is 9.97 Å². The minimum Gasteiger partial charge on any atom is -0.339 e. The summed E-state index contributed by atoms with van der Waals surface area (Å²) in [6, 6.07) is 0. The molecule has 3 rings (SSSR count). The summed E-state index contributed by atoms with van der Waals surface area (Å²) in [5, 5.41) is 8.91. The van der Waals surface area contributed by atoms with Gasteiger partial charge in [-0.2, -0.15) is 0 Å². The van der Waals surface area contributed by atoms with E-state index in [1.165, 1.54) is 11.3 Å². The first-order valence-corrected chi connectivity index (χ1v) is 8.78. The number of aryl methyl sites for hydroxylation is 1. The normalized spacial score (nSPS) is 16.5. The van der Waals surface area contributed by atoms with Crippen molar-refractivity contribution in [2.75, 3.05) is 6.54 Å². The van der Waals surface area contributed by atoms with Gasteiger partial charge < -0.3 is 11.1 Å². The minimum absolute atomic E-state index is 0.109. The average molecular weight is 322 g/mol. The van der Waals surface area contributed by atoms with Crippen molar-refractivity contribution in [1.82, 2.24) is 15.3 Å². The van der Waals surface area contributed by atoms with Crippen LogP contribution in [0.4, 0.5) is 0 Å². The highest BCUT2D eigenvalue weighted by molar-refractivity contribution is 7.10. The van der Waals surface area contributed by atoms with E-state index in [0.29, 0.717) is 12.2 Å². The van der Waals surface area contributed by atoms with Gasteiger partial charge in [0.15, 0.2) is 0 Å². The van der Waals surface area contributed by atoms with E-state index in [1.54, 1.807) is 16.7 Å². The van der Waals surface area contributed by atoms with E-state index in [0.717, 1.165) is 41.4 Å². The summed E-state index contributed by atoms with van der Waals surface area (Å²) < 4.78 is 0. The minimum atomic E-state index is -0.284. The van der Waals surface area contributed by atoms with Gasteiger partial charge in [-0.05, 0) is 32.7 Å². The first kappa shape index (κ1) is 14.6. The van der Waals surface area contributed by atoms with Crippen LogP contribution in [-0.2, 0) is 12.0 Å². The molecular formula is C14H18N4OS2. The molecule has 0 spiro atoms. The first-order chi connectivity index (χ1) is 10.1. The van der Waals surface area contributed by atoms with E-state index in [-0.39, 0.29) is 11.4 Å². The molecule has 21 heavy (non-hydrogen) atoms. The Morgan fingerprint density at radius 1 is 1.38 bits per heavy atom. The molecule has 0 aliphatic heterocycles. The molecule has 0 radical (unpaired) electrons. The van der Waals surface area contributed by atoms with Crippen LogP contribution in [0.3, 0.4) is 0 Å². The Morgan fingerprint density at radius 2 is 2.19 bits per heavy atom. The lowest BCUT2D eigenvalue weighted by atomic mass is 9.77. The van der Waals surface area contributed by atoms with Crippen molar-refractivity contribution in [2.45, 2.75) is 38.1 Å². The molecule has 1 saturated carbocycles. The molecule has 2 aromatic heterocycles. The predicted octanol–water partition coefficient (Wildman–Crippen LogP) is 2.22. The molecular weight excluding hydrogens is 304 g/mol. The van der Waals surface area contributed by atoms with E-state index >= 15 is 0 Å². The second-order valence-corrected chi connectivity index (χ2v) is 7.15. The SMILES string of the molecule is Cc1csc(C2(NC(=O)c3csc(CCN)n3)CCC2)n1. The molecule has 2 heterocycles. The van der Waals surface area contributed by atoms with Crippen molar-refractivity contribution in [3.05, 3.63) is 32.2 Å². The Balaban J connectivity index is 1.75. The van der Waals surface area contributed by atoms with Gasteiger partial charge in [-0.1, -0.05) is 0 Å². The number of rotatable bonds is 5. The number of carbonyl (C=O) groups is 1. The molecule has 1 fully saturated rings. The maximum atomic E-state index is 12.4. The second kappa shape index (κ2) is 5.82. The summed E-state index contributed by atoms with van der Waals surface area (Å²) in [5.74, 6) is -0.109. The van der Waals surface area contributed by atoms with E-state index in [9.17, 15) is 4.79 Å². The van der Waals surface area contributed by atoms with Crippen molar-refractivity contribution in [2.24, 2.45) is 5.73 Å². The lowest BCUT2D eigenvalue weighted by molar-refractivity contribution is 0.0818. The van der Waals surface area contributed by atoms with Crippen LogP contribution < -0.4 is 11.1 Å². The molecule has 5 nitrogen and oxygen atoms in total. The van der Waals surface area contributed by atoms with Gasteiger partial charge in [0.1, 0.15) is 10.7 Å². The topological polar surface area (TPSA) is 80.9 Å². The number of nitrogens with two attached hydrogens (primary N) is 1. The van der Waals surface area contributed by atoms with Crippen molar-refractivity contribution >= 4 is 28.6 Å². The molecule has 112 valence electrons. The van der Waals surface area contributed by atoms with Crippen LogP contribution >= 0.6 is 22.7 Å². The van der Waals surface area contributed by atoms with Crippen molar-refractivity contribution < 1.29 is 4.79 Å². The lowest BCUT2D eigenvalue weighted by Gasteiger charge is -2.40. The second-order valence-electron chi connectivity index (χ2n) is 5.35. The Bertz CT molecular complexity index is 645. The fourth-order valence-electron chi connectivity index (χ4n) is 2.43. The molecule has 3 N–H and O–H groups in total. The molecule has 0 bridgehead atoms. The van der Waals surface area contributed by atoms with Crippen molar-refractivity contribution in [3.63, 3.8) is 0 Å². The smallest absolute Gasteiger partial charge is 0.271 e. The Morgan fingerprint density at radius 3 is 2.76 bits per heavy atom.